The van der Waals surface area contributed by atoms with E-state index in [-0.39, 0.29) is 5.92 Å². The highest BCUT2D eigenvalue weighted by atomic mass is 79.9. The molecular weight excluding hydrogens is 314 g/mol. The predicted octanol–water partition coefficient (Wildman–Crippen LogP) is 3.70. The third kappa shape index (κ3) is 2.65. The maximum atomic E-state index is 5.87. The van der Waals surface area contributed by atoms with Crippen LogP contribution < -0.4 is 5.73 Å². The van der Waals surface area contributed by atoms with E-state index in [2.05, 4.69) is 50.4 Å². The van der Waals surface area contributed by atoms with E-state index in [9.17, 15) is 0 Å². The number of hydrogen-bond acceptors (Lipinski definition) is 3. The molecule has 2 aromatic carbocycles. The van der Waals surface area contributed by atoms with Gasteiger partial charge in [0.2, 0.25) is 0 Å². The predicted molar refractivity (Wildman–Crippen MR) is 86.1 cm³/mol. The summed E-state index contributed by atoms with van der Waals surface area (Å²) in [4.78, 5) is 0. The Hall–Kier alpha value is -1.94. The van der Waals surface area contributed by atoms with Crippen molar-refractivity contribution < 1.29 is 0 Å². The van der Waals surface area contributed by atoms with Gasteiger partial charge in [-0.15, -0.1) is 5.10 Å². The Morgan fingerprint density at radius 3 is 2.55 bits per heavy atom. The quantitative estimate of drug-likeness (QED) is 0.898. The van der Waals surface area contributed by atoms with Gasteiger partial charge in [-0.1, -0.05) is 58.4 Å². The van der Waals surface area contributed by atoms with Gasteiger partial charge >= 0.3 is 0 Å². The second-order valence-corrected chi connectivity index (χ2v) is 5.67. The number of amidine groups is 1. The summed E-state index contributed by atoms with van der Waals surface area (Å²) in [6.07, 6.45) is 0.704. The van der Waals surface area contributed by atoms with Crippen molar-refractivity contribution in [1.29, 1.82) is 0 Å². The Kier molecular flexibility index (Phi) is 3.65. The molecule has 0 fully saturated rings. The van der Waals surface area contributed by atoms with E-state index in [4.69, 9.17) is 5.73 Å². The van der Waals surface area contributed by atoms with Crippen molar-refractivity contribution in [3.63, 3.8) is 0 Å². The van der Waals surface area contributed by atoms with E-state index < -0.39 is 0 Å². The van der Waals surface area contributed by atoms with Crippen molar-refractivity contribution in [2.45, 2.75) is 12.3 Å². The summed E-state index contributed by atoms with van der Waals surface area (Å²) in [6, 6.07) is 18.4. The molecule has 0 radical (unpaired) electrons. The number of rotatable bonds is 2. The summed E-state index contributed by atoms with van der Waals surface area (Å²) >= 11 is 3.50. The summed E-state index contributed by atoms with van der Waals surface area (Å²) in [5, 5.41) is 8.40. The zero-order chi connectivity index (χ0) is 13.9. The molecular formula is C16H14BrN3. The van der Waals surface area contributed by atoms with Crippen LogP contribution in [0.5, 0.6) is 0 Å². The van der Waals surface area contributed by atoms with E-state index in [1.807, 2.05) is 30.3 Å². The first-order chi connectivity index (χ1) is 9.74. The van der Waals surface area contributed by atoms with Crippen LogP contribution in [0.2, 0.25) is 0 Å². The number of halogens is 1. The van der Waals surface area contributed by atoms with Crippen molar-refractivity contribution in [2.75, 3.05) is 0 Å². The summed E-state index contributed by atoms with van der Waals surface area (Å²) in [5.74, 6) is 0.737. The Morgan fingerprint density at radius 1 is 1.00 bits per heavy atom. The second kappa shape index (κ2) is 5.59. The van der Waals surface area contributed by atoms with Crippen LogP contribution in [0, 0.1) is 0 Å². The molecule has 2 aromatic rings. The third-order valence-electron chi connectivity index (χ3n) is 3.35. The molecule has 0 amide bonds. The number of hydrogen-bond donors (Lipinski definition) is 1. The molecule has 0 spiro atoms. The lowest BCUT2D eigenvalue weighted by molar-refractivity contribution is 0.887. The van der Waals surface area contributed by atoms with Gasteiger partial charge < -0.3 is 5.73 Å². The number of nitrogens with two attached hydrogens (primary N) is 1. The average molecular weight is 328 g/mol. The minimum atomic E-state index is 0.156. The standard InChI is InChI=1S/C16H14BrN3/c17-13-8-4-7-12(9-13)16-14(10-15(18)19-20-16)11-5-2-1-3-6-11/h1-9,14H,10H2,(H2,18,19). The molecule has 100 valence electrons. The molecule has 3 nitrogen and oxygen atoms in total. The lowest BCUT2D eigenvalue weighted by Gasteiger charge is -2.22. The molecule has 1 aliphatic rings. The Bertz CT molecular complexity index is 677. The first-order valence-corrected chi connectivity index (χ1v) is 7.24. The van der Waals surface area contributed by atoms with Crippen molar-refractivity contribution in [3.05, 3.63) is 70.2 Å². The van der Waals surface area contributed by atoms with Gasteiger partial charge in [-0.3, -0.25) is 0 Å². The van der Waals surface area contributed by atoms with Gasteiger partial charge in [-0.25, -0.2) is 0 Å². The SMILES string of the molecule is NC1=NN=C(c2cccc(Br)c2)C(c2ccccc2)C1. The van der Waals surface area contributed by atoms with E-state index in [1.165, 1.54) is 5.56 Å². The average Bonchev–Trinajstić information content (AvgIpc) is 2.48. The van der Waals surface area contributed by atoms with Crippen molar-refractivity contribution in [2.24, 2.45) is 15.9 Å². The maximum Gasteiger partial charge on any atom is 0.123 e. The van der Waals surface area contributed by atoms with Crippen LogP contribution in [0.25, 0.3) is 0 Å². The Balaban J connectivity index is 2.06. The Labute approximate surface area is 126 Å². The first kappa shape index (κ1) is 13.1. The van der Waals surface area contributed by atoms with Crippen molar-refractivity contribution in [1.82, 2.24) is 0 Å². The van der Waals surface area contributed by atoms with Gasteiger partial charge in [-0.05, 0) is 23.3 Å². The van der Waals surface area contributed by atoms with E-state index in [0.29, 0.717) is 12.3 Å². The smallest absolute Gasteiger partial charge is 0.123 e. The number of nitrogens with zero attached hydrogens (tertiary/aromatic N) is 2. The summed E-state index contributed by atoms with van der Waals surface area (Å²) < 4.78 is 1.03. The lowest BCUT2D eigenvalue weighted by atomic mass is 9.86. The normalized spacial score (nSPS) is 18.4. The van der Waals surface area contributed by atoms with Crippen LogP contribution in [-0.2, 0) is 0 Å². The summed E-state index contributed by atoms with van der Waals surface area (Å²) in [6.45, 7) is 0. The molecule has 0 aliphatic carbocycles. The third-order valence-corrected chi connectivity index (χ3v) is 3.85. The fraction of sp³-hybridized carbons (Fsp3) is 0.125. The highest BCUT2D eigenvalue weighted by Crippen LogP contribution is 2.28. The molecule has 0 aromatic heterocycles. The zero-order valence-corrected chi connectivity index (χ0v) is 12.4. The molecule has 20 heavy (non-hydrogen) atoms. The topological polar surface area (TPSA) is 50.7 Å². The van der Waals surface area contributed by atoms with E-state index >= 15 is 0 Å². The van der Waals surface area contributed by atoms with Gasteiger partial charge in [0.15, 0.2) is 0 Å². The molecule has 0 saturated heterocycles. The molecule has 1 atom stereocenters. The molecule has 4 heteroatoms. The maximum absolute atomic E-state index is 5.87. The molecule has 3 rings (SSSR count). The summed E-state index contributed by atoms with van der Waals surface area (Å²) in [5.41, 5.74) is 9.12. The van der Waals surface area contributed by atoms with Crippen LogP contribution in [-0.4, -0.2) is 11.5 Å². The van der Waals surface area contributed by atoms with Gasteiger partial charge in [0.25, 0.3) is 0 Å². The zero-order valence-electron chi connectivity index (χ0n) is 10.8. The van der Waals surface area contributed by atoms with Crippen molar-refractivity contribution >= 4 is 27.5 Å². The molecule has 1 aliphatic heterocycles. The minimum absolute atomic E-state index is 0.156. The fourth-order valence-corrected chi connectivity index (χ4v) is 2.80. The molecule has 0 saturated carbocycles. The summed E-state index contributed by atoms with van der Waals surface area (Å²) in [7, 11) is 0. The molecule has 1 heterocycles. The first-order valence-electron chi connectivity index (χ1n) is 6.45. The molecule has 2 N–H and O–H groups in total. The molecule has 0 bridgehead atoms. The van der Waals surface area contributed by atoms with Crippen LogP contribution in [0.4, 0.5) is 0 Å². The van der Waals surface area contributed by atoms with Crippen LogP contribution >= 0.6 is 15.9 Å². The van der Waals surface area contributed by atoms with E-state index in [0.717, 1.165) is 15.7 Å². The Morgan fingerprint density at radius 2 is 1.80 bits per heavy atom. The number of benzene rings is 2. The minimum Gasteiger partial charge on any atom is -0.386 e. The molecule has 1 unspecified atom stereocenters. The van der Waals surface area contributed by atoms with Gasteiger partial charge in [-0.2, -0.15) is 5.10 Å². The van der Waals surface area contributed by atoms with Crippen LogP contribution in [0.1, 0.15) is 23.5 Å². The van der Waals surface area contributed by atoms with Gasteiger partial charge in [0.05, 0.1) is 5.71 Å². The van der Waals surface area contributed by atoms with Crippen LogP contribution in [0.3, 0.4) is 0 Å². The van der Waals surface area contributed by atoms with Crippen molar-refractivity contribution in [3.8, 4) is 0 Å². The lowest BCUT2D eigenvalue weighted by Crippen LogP contribution is -2.25. The van der Waals surface area contributed by atoms with Gasteiger partial charge in [0.1, 0.15) is 5.84 Å². The largest absolute Gasteiger partial charge is 0.386 e. The second-order valence-electron chi connectivity index (χ2n) is 4.75. The monoisotopic (exact) mass is 327 g/mol. The van der Waals surface area contributed by atoms with E-state index in [1.54, 1.807) is 0 Å². The van der Waals surface area contributed by atoms with Gasteiger partial charge in [0, 0.05) is 16.8 Å². The highest BCUT2D eigenvalue weighted by Gasteiger charge is 2.24. The highest BCUT2D eigenvalue weighted by molar-refractivity contribution is 9.10. The fourth-order valence-electron chi connectivity index (χ4n) is 2.40. The van der Waals surface area contributed by atoms with Crippen LogP contribution in [0.15, 0.2) is 69.3 Å².